The van der Waals surface area contributed by atoms with Gasteiger partial charge in [-0.15, -0.1) is 0 Å². The molecule has 2 aliphatic rings. The number of amides is 2. The number of benzene rings is 2. The molecule has 0 heterocycles. The molecule has 0 bridgehead atoms. The maximum Gasteiger partial charge on any atom is 0.251 e. The molecule has 2 aliphatic carbocycles. The van der Waals surface area contributed by atoms with Crippen molar-refractivity contribution in [2.45, 2.75) is 44.7 Å². The topological polar surface area (TPSA) is 58.2 Å². The Hall–Kier alpha value is -2.62. The van der Waals surface area contributed by atoms with Crippen molar-refractivity contribution in [2.75, 3.05) is 0 Å². The van der Waals surface area contributed by atoms with Gasteiger partial charge in [-0.05, 0) is 55.4 Å². The van der Waals surface area contributed by atoms with Gasteiger partial charge >= 0.3 is 0 Å². The van der Waals surface area contributed by atoms with Crippen molar-refractivity contribution in [1.29, 1.82) is 0 Å². The van der Waals surface area contributed by atoms with E-state index >= 15 is 0 Å². The van der Waals surface area contributed by atoms with Gasteiger partial charge in [0.25, 0.3) is 5.91 Å². The first-order chi connectivity index (χ1) is 12.6. The van der Waals surface area contributed by atoms with Crippen molar-refractivity contribution in [2.24, 2.45) is 5.92 Å². The van der Waals surface area contributed by atoms with Crippen LogP contribution < -0.4 is 10.6 Å². The standard InChI is InChI=1S/C22H24N2O2/c1-14-3-2-4-17(11-14)19-12-20(19)22(26)23-13-15-5-7-16(8-6-15)21(25)24-18-9-10-18/h2-8,11,18-20H,9-10,12-13H2,1H3,(H,23,26)(H,24,25). The fourth-order valence-corrected chi connectivity index (χ4v) is 3.34. The molecule has 2 amide bonds. The van der Waals surface area contributed by atoms with Crippen molar-refractivity contribution >= 4 is 11.8 Å². The molecule has 0 spiro atoms. The predicted octanol–water partition coefficient (Wildman–Crippen LogP) is 3.31. The fourth-order valence-electron chi connectivity index (χ4n) is 3.34. The van der Waals surface area contributed by atoms with E-state index in [4.69, 9.17) is 0 Å². The molecule has 0 aliphatic heterocycles. The number of aryl methyl sites for hydroxylation is 1. The van der Waals surface area contributed by atoms with Crippen molar-refractivity contribution in [3.05, 3.63) is 70.8 Å². The van der Waals surface area contributed by atoms with Crippen LogP contribution in [0.25, 0.3) is 0 Å². The lowest BCUT2D eigenvalue weighted by Gasteiger charge is -2.07. The summed E-state index contributed by atoms with van der Waals surface area (Å²) in [5.74, 6) is 0.540. The van der Waals surface area contributed by atoms with Crippen LogP contribution in [-0.4, -0.2) is 17.9 Å². The third-order valence-electron chi connectivity index (χ3n) is 5.19. The minimum Gasteiger partial charge on any atom is -0.352 e. The van der Waals surface area contributed by atoms with E-state index in [0.29, 0.717) is 24.1 Å². The van der Waals surface area contributed by atoms with E-state index < -0.39 is 0 Å². The highest BCUT2D eigenvalue weighted by Gasteiger charge is 2.43. The molecule has 4 heteroatoms. The number of hydrogen-bond acceptors (Lipinski definition) is 2. The normalized spacial score (nSPS) is 21.1. The smallest absolute Gasteiger partial charge is 0.251 e. The number of rotatable bonds is 6. The van der Waals surface area contributed by atoms with Gasteiger partial charge in [0.05, 0.1) is 0 Å². The Morgan fingerprint density at radius 2 is 1.85 bits per heavy atom. The van der Waals surface area contributed by atoms with Crippen LogP contribution in [0.2, 0.25) is 0 Å². The van der Waals surface area contributed by atoms with Crippen LogP contribution in [0.4, 0.5) is 0 Å². The molecular weight excluding hydrogens is 324 g/mol. The van der Waals surface area contributed by atoms with Gasteiger partial charge in [-0.2, -0.15) is 0 Å². The first-order valence-electron chi connectivity index (χ1n) is 9.34. The van der Waals surface area contributed by atoms with Crippen LogP contribution in [-0.2, 0) is 11.3 Å². The first-order valence-corrected chi connectivity index (χ1v) is 9.34. The van der Waals surface area contributed by atoms with E-state index in [1.54, 1.807) is 0 Å². The second kappa shape index (κ2) is 6.94. The van der Waals surface area contributed by atoms with Crippen LogP contribution >= 0.6 is 0 Å². The minimum absolute atomic E-state index is 0.0120. The lowest BCUT2D eigenvalue weighted by molar-refractivity contribution is -0.122. The van der Waals surface area contributed by atoms with Gasteiger partial charge in [-0.1, -0.05) is 42.0 Å². The van der Waals surface area contributed by atoms with Crippen molar-refractivity contribution in [1.82, 2.24) is 10.6 Å². The summed E-state index contributed by atoms with van der Waals surface area (Å²) in [6, 6.07) is 16.2. The minimum atomic E-state index is -0.0120. The average Bonchev–Trinajstić information content (AvgIpc) is 3.54. The summed E-state index contributed by atoms with van der Waals surface area (Å²) in [7, 11) is 0. The SMILES string of the molecule is Cc1cccc(C2CC2C(=O)NCc2ccc(C(=O)NC3CC3)cc2)c1. The summed E-state index contributed by atoms with van der Waals surface area (Å²) < 4.78 is 0. The van der Waals surface area contributed by atoms with Gasteiger partial charge in [0, 0.05) is 24.1 Å². The summed E-state index contributed by atoms with van der Waals surface area (Å²) in [4.78, 5) is 24.4. The highest BCUT2D eigenvalue weighted by atomic mass is 16.2. The van der Waals surface area contributed by atoms with Gasteiger partial charge in [-0.3, -0.25) is 9.59 Å². The average molecular weight is 348 g/mol. The highest BCUT2D eigenvalue weighted by Crippen LogP contribution is 2.47. The van der Waals surface area contributed by atoms with E-state index in [9.17, 15) is 9.59 Å². The largest absolute Gasteiger partial charge is 0.352 e. The molecule has 26 heavy (non-hydrogen) atoms. The lowest BCUT2D eigenvalue weighted by Crippen LogP contribution is -2.26. The van der Waals surface area contributed by atoms with E-state index in [2.05, 4.69) is 41.8 Å². The molecule has 0 saturated heterocycles. The Morgan fingerprint density at radius 3 is 2.54 bits per heavy atom. The third-order valence-corrected chi connectivity index (χ3v) is 5.19. The molecule has 2 N–H and O–H groups in total. The van der Waals surface area contributed by atoms with Crippen LogP contribution in [0, 0.1) is 12.8 Å². The Labute approximate surface area is 154 Å². The molecule has 4 rings (SSSR count). The summed E-state index contributed by atoms with van der Waals surface area (Å²) in [6.07, 6.45) is 3.09. The second-order valence-electron chi connectivity index (χ2n) is 7.53. The number of carbonyl (C=O) groups excluding carboxylic acids is 2. The molecule has 4 nitrogen and oxygen atoms in total. The lowest BCUT2D eigenvalue weighted by atomic mass is 10.1. The maximum atomic E-state index is 12.4. The van der Waals surface area contributed by atoms with Gasteiger partial charge in [0.1, 0.15) is 0 Å². The van der Waals surface area contributed by atoms with Crippen LogP contribution in [0.5, 0.6) is 0 Å². The summed E-state index contributed by atoms with van der Waals surface area (Å²) in [6.45, 7) is 2.58. The molecule has 2 aromatic carbocycles. The number of carbonyl (C=O) groups is 2. The van der Waals surface area contributed by atoms with Gasteiger partial charge in [0.15, 0.2) is 0 Å². The molecule has 2 fully saturated rings. The van der Waals surface area contributed by atoms with Crippen LogP contribution in [0.15, 0.2) is 48.5 Å². The van der Waals surface area contributed by atoms with Crippen molar-refractivity contribution in [3.63, 3.8) is 0 Å². The van der Waals surface area contributed by atoms with E-state index in [1.165, 1.54) is 11.1 Å². The molecule has 2 unspecified atom stereocenters. The Morgan fingerprint density at radius 1 is 1.08 bits per heavy atom. The fraction of sp³-hybridized carbons (Fsp3) is 0.364. The van der Waals surface area contributed by atoms with E-state index in [1.807, 2.05) is 24.3 Å². The van der Waals surface area contributed by atoms with Crippen molar-refractivity contribution in [3.8, 4) is 0 Å². The summed E-state index contributed by atoms with van der Waals surface area (Å²) in [5, 5.41) is 6.01. The number of nitrogens with one attached hydrogen (secondary N) is 2. The Kier molecular flexibility index (Phi) is 4.49. The molecule has 2 saturated carbocycles. The zero-order chi connectivity index (χ0) is 18.1. The predicted molar refractivity (Wildman–Crippen MR) is 101 cm³/mol. The Bertz CT molecular complexity index is 824. The van der Waals surface area contributed by atoms with Gasteiger partial charge in [0.2, 0.25) is 5.91 Å². The summed E-state index contributed by atoms with van der Waals surface area (Å²) >= 11 is 0. The monoisotopic (exact) mass is 348 g/mol. The molecule has 2 aromatic rings. The summed E-state index contributed by atoms with van der Waals surface area (Å²) in [5.41, 5.74) is 4.18. The van der Waals surface area contributed by atoms with Gasteiger partial charge in [-0.25, -0.2) is 0 Å². The first kappa shape index (κ1) is 16.8. The zero-order valence-electron chi connectivity index (χ0n) is 15.0. The molecule has 134 valence electrons. The highest BCUT2D eigenvalue weighted by molar-refractivity contribution is 5.94. The molecule has 0 aromatic heterocycles. The Balaban J connectivity index is 1.27. The molecule has 0 radical (unpaired) electrons. The third kappa shape index (κ3) is 3.96. The zero-order valence-corrected chi connectivity index (χ0v) is 15.0. The maximum absolute atomic E-state index is 12.4. The van der Waals surface area contributed by atoms with Gasteiger partial charge < -0.3 is 10.6 Å². The van der Waals surface area contributed by atoms with Crippen molar-refractivity contribution < 1.29 is 9.59 Å². The van der Waals surface area contributed by atoms with E-state index in [-0.39, 0.29) is 17.7 Å². The van der Waals surface area contributed by atoms with Crippen LogP contribution in [0.1, 0.15) is 52.2 Å². The van der Waals surface area contributed by atoms with E-state index in [0.717, 1.165) is 24.8 Å². The molecule has 2 atom stereocenters. The quantitative estimate of drug-likeness (QED) is 0.841. The second-order valence-corrected chi connectivity index (χ2v) is 7.53. The van der Waals surface area contributed by atoms with Crippen LogP contribution in [0.3, 0.4) is 0 Å². The molecular formula is C22H24N2O2. The number of hydrogen-bond donors (Lipinski definition) is 2.